The maximum Gasteiger partial charge on any atom is 0.272 e. The van der Waals surface area contributed by atoms with Gasteiger partial charge in [-0.05, 0) is 18.4 Å². The summed E-state index contributed by atoms with van der Waals surface area (Å²) in [5, 5.41) is 10.1. The number of hydrogen-bond donors (Lipinski definition) is 3. The number of rotatable bonds is 5. The molecular weight excluding hydrogens is 304 g/mol. The molecule has 0 saturated heterocycles. The number of carbonyl (C=O) groups is 1. The van der Waals surface area contributed by atoms with Crippen molar-refractivity contribution in [3.8, 4) is 0 Å². The maximum absolute atomic E-state index is 12.4. The lowest BCUT2D eigenvalue weighted by Crippen LogP contribution is -2.41. The molecule has 0 fully saturated rings. The van der Waals surface area contributed by atoms with Crippen molar-refractivity contribution in [2.45, 2.75) is 26.3 Å². The number of nitrogens with one attached hydrogen (secondary N) is 2. The molecule has 4 N–H and O–H groups in total. The summed E-state index contributed by atoms with van der Waals surface area (Å²) in [5.41, 5.74) is 5.60. The standard InChI is InChI=1S/C15H20N4O2.ClH/c1-9(2)7-10(8-16)17-15(21)13-11-5-3-4-6-12(11)14(20)19-18-13;/h3-6,9-10H,7-8,16H2,1-2H3,(H,17,21)(H,19,20);1H. The van der Waals surface area contributed by atoms with Crippen LogP contribution >= 0.6 is 12.4 Å². The summed E-state index contributed by atoms with van der Waals surface area (Å²) in [7, 11) is 0. The number of H-pyrrole nitrogens is 1. The molecule has 22 heavy (non-hydrogen) atoms. The molecule has 1 heterocycles. The average molecular weight is 325 g/mol. The first-order chi connectivity index (χ1) is 10.0. The Morgan fingerprint density at radius 3 is 2.55 bits per heavy atom. The lowest BCUT2D eigenvalue weighted by molar-refractivity contribution is 0.0929. The van der Waals surface area contributed by atoms with E-state index in [0.29, 0.717) is 23.2 Å². The van der Waals surface area contributed by atoms with E-state index in [2.05, 4.69) is 29.4 Å². The van der Waals surface area contributed by atoms with Gasteiger partial charge in [-0.3, -0.25) is 9.59 Å². The molecule has 6 nitrogen and oxygen atoms in total. The smallest absolute Gasteiger partial charge is 0.272 e. The average Bonchev–Trinajstić information content (AvgIpc) is 2.46. The summed E-state index contributed by atoms with van der Waals surface area (Å²) in [6, 6.07) is 6.80. The summed E-state index contributed by atoms with van der Waals surface area (Å²) < 4.78 is 0. The summed E-state index contributed by atoms with van der Waals surface area (Å²) in [5.74, 6) is 0.109. The van der Waals surface area contributed by atoms with Gasteiger partial charge in [0, 0.05) is 18.0 Å². The Kier molecular flexibility index (Phi) is 6.52. The summed E-state index contributed by atoms with van der Waals surface area (Å²) >= 11 is 0. The molecular formula is C15H21ClN4O2. The summed E-state index contributed by atoms with van der Waals surface area (Å²) in [6.45, 7) is 4.51. The van der Waals surface area contributed by atoms with Crippen LogP contribution in [-0.4, -0.2) is 28.7 Å². The van der Waals surface area contributed by atoms with Crippen molar-refractivity contribution in [2.24, 2.45) is 11.7 Å². The van der Waals surface area contributed by atoms with Gasteiger partial charge in [-0.25, -0.2) is 5.10 Å². The number of halogens is 1. The molecule has 0 aliphatic rings. The zero-order valence-corrected chi connectivity index (χ0v) is 13.4. The molecule has 120 valence electrons. The van der Waals surface area contributed by atoms with Crippen LogP contribution in [0.3, 0.4) is 0 Å². The number of fused-ring (bicyclic) bond motifs is 1. The molecule has 1 unspecified atom stereocenters. The zero-order chi connectivity index (χ0) is 15.4. The first kappa shape index (κ1) is 18.1. The topological polar surface area (TPSA) is 101 Å². The van der Waals surface area contributed by atoms with Crippen LogP contribution in [0.5, 0.6) is 0 Å². The molecule has 1 amide bonds. The second-order valence-corrected chi connectivity index (χ2v) is 5.48. The van der Waals surface area contributed by atoms with Crippen LogP contribution in [0.25, 0.3) is 10.8 Å². The lowest BCUT2D eigenvalue weighted by atomic mass is 10.0. The third-order valence-electron chi connectivity index (χ3n) is 3.29. The number of aromatic amines is 1. The molecule has 0 saturated carbocycles. The minimum absolute atomic E-state index is 0. The Labute approximate surface area is 134 Å². The maximum atomic E-state index is 12.4. The molecule has 0 aliphatic heterocycles. The van der Waals surface area contributed by atoms with E-state index in [1.165, 1.54) is 0 Å². The summed E-state index contributed by atoms with van der Waals surface area (Å²) in [4.78, 5) is 24.1. The van der Waals surface area contributed by atoms with Crippen LogP contribution in [0.1, 0.15) is 30.8 Å². The minimum Gasteiger partial charge on any atom is -0.347 e. The Morgan fingerprint density at radius 2 is 1.95 bits per heavy atom. The molecule has 7 heteroatoms. The molecule has 2 rings (SSSR count). The van der Waals surface area contributed by atoms with Crippen LogP contribution in [0.2, 0.25) is 0 Å². The quantitative estimate of drug-likeness (QED) is 0.774. The number of amides is 1. The van der Waals surface area contributed by atoms with E-state index in [0.717, 1.165) is 6.42 Å². The van der Waals surface area contributed by atoms with Gasteiger partial charge in [-0.15, -0.1) is 12.4 Å². The Morgan fingerprint density at radius 1 is 1.32 bits per heavy atom. The summed E-state index contributed by atoms with van der Waals surface area (Å²) in [6.07, 6.45) is 0.795. The zero-order valence-electron chi connectivity index (χ0n) is 12.6. The predicted molar refractivity (Wildman–Crippen MR) is 89.4 cm³/mol. The molecule has 0 aliphatic carbocycles. The number of aromatic nitrogens is 2. The predicted octanol–water partition coefficient (Wildman–Crippen LogP) is 1.45. The van der Waals surface area contributed by atoms with Gasteiger partial charge in [0.25, 0.3) is 11.5 Å². The van der Waals surface area contributed by atoms with Gasteiger partial charge in [-0.2, -0.15) is 5.10 Å². The first-order valence-corrected chi connectivity index (χ1v) is 7.01. The molecule has 0 spiro atoms. The number of nitrogens with two attached hydrogens (primary N) is 1. The highest BCUT2D eigenvalue weighted by Crippen LogP contribution is 2.13. The van der Waals surface area contributed by atoms with Crippen molar-refractivity contribution >= 4 is 29.1 Å². The largest absolute Gasteiger partial charge is 0.347 e. The van der Waals surface area contributed by atoms with Crippen molar-refractivity contribution in [3.05, 3.63) is 40.3 Å². The molecule has 1 aromatic heterocycles. The molecule has 1 atom stereocenters. The van der Waals surface area contributed by atoms with Crippen LogP contribution < -0.4 is 16.6 Å². The van der Waals surface area contributed by atoms with Crippen LogP contribution in [-0.2, 0) is 0 Å². The molecule has 2 aromatic rings. The van der Waals surface area contributed by atoms with E-state index < -0.39 is 0 Å². The highest BCUT2D eigenvalue weighted by Gasteiger charge is 2.18. The van der Waals surface area contributed by atoms with Crippen molar-refractivity contribution in [1.82, 2.24) is 15.5 Å². The molecule has 0 bridgehead atoms. The molecule has 0 radical (unpaired) electrons. The lowest BCUT2D eigenvalue weighted by Gasteiger charge is -2.18. The van der Waals surface area contributed by atoms with E-state index >= 15 is 0 Å². The van der Waals surface area contributed by atoms with Crippen molar-refractivity contribution in [2.75, 3.05) is 6.54 Å². The van der Waals surface area contributed by atoms with Gasteiger partial charge >= 0.3 is 0 Å². The van der Waals surface area contributed by atoms with Gasteiger partial charge in [0.05, 0.1) is 5.39 Å². The fourth-order valence-corrected chi connectivity index (χ4v) is 2.32. The van der Waals surface area contributed by atoms with Gasteiger partial charge in [0.15, 0.2) is 5.69 Å². The fraction of sp³-hybridized carbons (Fsp3) is 0.400. The number of benzene rings is 1. The van der Waals surface area contributed by atoms with E-state index in [1.54, 1.807) is 24.3 Å². The van der Waals surface area contributed by atoms with Gasteiger partial charge in [0.1, 0.15) is 0 Å². The van der Waals surface area contributed by atoms with Crippen LogP contribution in [0.15, 0.2) is 29.1 Å². The SMILES string of the molecule is CC(C)CC(CN)NC(=O)c1n[nH]c(=O)c2ccccc12.Cl. The Balaban J connectivity index is 0.00000242. The van der Waals surface area contributed by atoms with E-state index in [9.17, 15) is 9.59 Å². The van der Waals surface area contributed by atoms with Crippen molar-refractivity contribution in [3.63, 3.8) is 0 Å². The van der Waals surface area contributed by atoms with E-state index in [1.807, 2.05) is 0 Å². The number of hydrogen-bond acceptors (Lipinski definition) is 4. The second-order valence-electron chi connectivity index (χ2n) is 5.48. The number of nitrogens with zero attached hydrogens (tertiary/aromatic N) is 1. The normalized spacial score (nSPS) is 12.0. The van der Waals surface area contributed by atoms with E-state index in [-0.39, 0.29) is 35.6 Å². The monoisotopic (exact) mass is 324 g/mol. The van der Waals surface area contributed by atoms with Crippen LogP contribution in [0, 0.1) is 5.92 Å². The van der Waals surface area contributed by atoms with Gasteiger partial charge in [-0.1, -0.05) is 32.0 Å². The van der Waals surface area contributed by atoms with E-state index in [4.69, 9.17) is 5.73 Å². The highest BCUT2D eigenvalue weighted by atomic mass is 35.5. The Bertz CT molecular complexity index is 699. The first-order valence-electron chi connectivity index (χ1n) is 7.01. The highest BCUT2D eigenvalue weighted by molar-refractivity contribution is 6.04. The third-order valence-corrected chi connectivity index (χ3v) is 3.29. The van der Waals surface area contributed by atoms with Gasteiger partial charge in [0.2, 0.25) is 0 Å². The second kappa shape index (κ2) is 7.91. The Hall–Kier alpha value is -1.92. The van der Waals surface area contributed by atoms with Gasteiger partial charge < -0.3 is 11.1 Å². The minimum atomic E-state index is -0.321. The third kappa shape index (κ3) is 4.05. The van der Waals surface area contributed by atoms with Crippen molar-refractivity contribution < 1.29 is 4.79 Å². The number of carbonyl (C=O) groups excluding carboxylic acids is 1. The van der Waals surface area contributed by atoms with Crippen LogP contribution in [0.4, 0.5) is 0 Å². The molecule has 1 aromatic carbocycles. The van der Waals surface area contributed by atoms with Crippen molar-refractivity contribution in [1.29, 1.82) is 0 Å². The fourth-order valence-electron chi connectivity index (χ4n) is 2.32.